The van der Waals surface area contributed by atoms with E-state index in [0.29, 0.717) is 30.0 Å². The second-order valence-electron chi connectivity index (χ2n) is 4.20. The second kappa shape index (κ2) is 5.75. The SMILES string of the molecule is COc1cc2c(C=O)cn(CCCO)c2cc1OC. The molecule has 0 aliphatic rings. The summed E-state index contributed by atoms with van der Waals surface area (Å²) < 4.78 is 12.5. The number of ether oxygens (including phenoxy) is 2. The van der Waals surface area contributed by atoms with Crippen molar-refractivity contribution in [2.24, 2.45) is 0 Å². The molecule has 0 radical (unpaired) electrons. The Labute approximate surface area is 111 Å². The van der Waals surface area contributed by atoms with Crippen LogP contribution in [0.15, 0.2) is 18.3 Å². The average Bonchev–Trinajstić information content (AvgIpc) is 2.80. The second-order valence-corrected chi connectivity index (χ2v) is 4.20. The van der Waals surface area contributed by atoms with E-state index in [1.54, 1.807) is 26.5 Å². The largest absolute Gasteiger partial charge is 0.493 e. The van der Waals surface area contributed by atoms with E-state index in [2.05, 4.69) is 0 Å². The minimum Gasteiger partial charge on any atom is -0.493 e. The minimum absolute atomic E-state index is 0.114. The summed E-state index contributed by atoms with van der Waals surface area (Å²) in [6, 6.07) is 3.64. The predicted molar refractivity (Wildman–Crippen MR) is 72.1 cm³/mol. The number of hydrogen-bond donors (Lipinski definition) is 1. The number of aromatic nitrogens is 1. The molecule has 0 fully saturated rings. The van der Waals surface area contributed by atoms with Crippen LogP contribution in [0.5, 0.6) is 11.5 Å². The third kappa shape index (κ3) is 2.42. The molecule has 1 aromatic carbocycles. The fourth-order valence-corrected chi connectivity index (χ4v) is 2.16. The van der Waals surface area contributed by atoms with Crippen molar-refractivity contribution >= 4 is 17.2 Å². The van der Waals surface area contributed by atoms with Gasteiger partial charge in [-0.2, -0.15) is 0 Å². The molecule has 1 heterocycles. The van der Waals surface area contributed by atoms with Crippen molar-refractivity contribution in [3.05, 3.63) is 23.9 Å². The van der Waals surface area contributed by atoms with Crippen molar-refractivity contribution in [2.75, 3.05) is 20.8 Å². The van der Waals surface area contributed by atoms with Crippen LogP contribution in [0.25, 0.3) is 10.9 Å². The molecule has 0 saturated heterocycles. The number of aldehydes is 1. The highest BCUT2D eigenvalue weighted by molar-refractivity contribution is 5.99. The highest BCUT2D eigenvalue weighted by Crippen LogP contribution is 2.34. The summed E-state index contributed by atoms with van der Waals surface area (Å²) in [7, 11) is 3.14. The summed E-state index contributed by atoms with van der Waals surface area (Å²) in [5, 5.41) is 9.74. The van der Waals surface area contributed by atoms with E-state index in [-0.39, 0.29) is 6.61 Å². The van der Waals surface area contributed by atoms with Crippen molar-refractivity contribution in [1.29, 1.82) is 0 Å². The van der Waals surface area contributed by atoms with Gasteiger partial charge >= 0.3 is 0 Å². The van der Waals surface area contributed by atoms with Crippen LogP contribution in [0, 0.1) is 0 Å². The van der Waals surface area contributed by atoms with Crippen LogP contribution in [0.1, 0.15) is 16.8 Å². The number of aliphatic hydroxyl groups excluding tert-OH is 1. The lowest BCUT2D eigenvalue weighted by Gasteiger charge is -2.09. The zero-order valence-electron chi connectivity index (χ0n) is 11.0. The molecule has 0 aliphatic carbocycles. The standard InChI is InChI=1S/C14H17NO4/c1-18-13-6-11-10(9-17)8-15(4-3-5-16)12(11)7-14(13)19-2/h6-9,16H,3-5H2,1-2H3. The summed E-state index contributed by atoms with van der Waals surface area (Å²) in [5.74, 6) is 1.22. The average molecular weight is 263 g/mol. The number of aliphatic hydroxyl groups is 1. The van der Waals surface area contributed by atoms with Gasteiger partial charge in [0.2, 0.25) is 0 Å². The maximum Gasteiger partial charge on any atom is 0.162 e. The first-order valence-electron chi connectivity index (χ1n) is 6.06. The minimum atomic E-state index is 0.114. The molecule has 5 heteroatoms. The zero-order chi connectivity index (χ0) is 13.8. The van der Waals surface area contributed by atoms with Crippen molar-refractivity contribution in [3.8, 4) is 11.5 Å². The monoisotopic (exact) mass is 263 g/mol. The van der Waals surface area contributed by atoms with E-state index in [1.807, 2.05) is 10.6 Å². The summed E-state index contributed by atoms with van der Waals surface area (Å²) in [6.07, 6.45) is 3.24. The van der Waals surface area contributed by atoms with Gasteiger partial charge in [0, 0.05) is 36.4 Å². The zero-order valence-corrected chi connectivity index (χ0v) is 11.0. The van der Waals surface area contributed by atoms with Crippen molar-refractivity contribution in [2.45, 2.75) is 13.0 Å². The van der Waals surface area contributed by atoms with Gasteiger partial charge in [-0.3, -0.25) is 4.79 Å². The first-order chi connectivity index (χ1) is 9.24. The number of benzene rings is 1. The lowest BCUT2D eigenvalue weighted by atomic mass is 10.1. The molecular formula is C14H17NO4. The van der Waals surface area contributed by atoms with Gasteiger partial charge in [-0.1, -0.05) is 0 Å². The lowest BCUT2D eigenvalue weighted by molar-refractivity contribution is 0.112. The van der Waals surface area contributed by atoms with Crippen LogP contribution in [-0.4, -0.2) is 36.8 Å². The first kappa shape index (κ1) is 13.4. The molecule has 0 spiro atoms. The Morgan fingerprint density at radius 3 is 2.53 bits per heavy atom. The van der Waals surface area contributed by atoms with E-state index < -0.39 is 0 Å². The van der Waals surface area contributed by atoms with Gasteiger partial charge in [0.25, 0.3) is 0 Å². The Morgan fingerprint density at radius 2 is 1.95 bits per heavy atom. The first-order valence-corrected chi connectivity index (χ1v) is 6.06. The van der Waals surface area contributed by atoms with Gasteiger partial charge in [0.1, 0.15) is 0 Å². The molecule has 2 aromatic rings. The van der Waals surface area contributed by atoms with E-state index in [4.69, 9.17) is 14.6 Å². The fraction of sp³-hybridized carbons (Fsp3) is 0.357. The van der Waals surface area contributed by atoms with Crippen LogP contribution in [-0.2, 0) is 6.54 Å². The Kier molecular flexibility index (Phi) is 4.06. The van der Waals surface area contributed by atoms with Crippen LogP contribution < -0.4 is 9.47 Å². The quantitative estimate of drug-likeness (QED) is 0.808. The summed E-state index contributed by atoms with van der Waals surface area (Å²) in [6.45, 7) is 0.764. The molecular weight excluding hydrogens is 246 g/mol. The van der Waals surface area contributed by atoms with Crippen molar-refractivity contribution < 1.29 is 19.4 Å². The maximum absolute atomic E-state index is 11.1. The number of carbonyl (C=O) groups is 1. The molecule has 0 bridgehead atoms. The highest BCUT2D eigenvalue weighted by Gasteiger charge is 2.13. The molecule has 0 atom stereocenters. The van der Waals surface area contributed by atoms with Crippen LogP contribution >= 0.6 is 0 Å². The predicted octanol–water partition coefficient (Wildman–Crippen LogP) is 1.85. The summed E-state index contributed by atoms with van der Waals surface area (Å²) in [4.78, 5) is 11.1. The van der Waals surface area contributed by atoms with Gasteiger partial charge in [0.15, 0.2) is 17.8 Å². The van der Waals surface area contributed by atoms with Gasteiger partial charge in [-0.25, -0.2) is 0 Å². The Morgan fingerprint density at radius 1 is 1.26 bits per heavy atom. The number of hydrogen-bond acceptors (Lipinski definition) is 4. The van der Waals surface area contributed by atoms with E-state index >= 15 is 0 Å². The van der Waals surface area contributed by atoms with Gasteiger partial charge in [-0.05, 0) is 12.5 Å². The Balaban J connectivity index is 2.61. The molecule has 19 heavy (non-hydrogen) atoms. The van der Waals surface area contributed by atoms with Gasteiger partial charge in [0.05, 0.1) is 19.7 Å². The third-order valence-electron chi connectivity index (χ3n) is 3.10. The van der Waals surface area contributed by atoms with Crippen LogP contribution in [0.4, 0.5) is 0 Å². The van der Waals surface area contributed by atoms with E-state index in [9.17, 15) is 4.79 Å². The molecule has 0 aliphatic heterocycles. The summed E-state index contributed by atoms with van der Waals surface area (Å²) >= 11 is 0. The number of aryl methyl sites for hydroxylation is 1. The molecule has 0 unspecified atom stereocenters. The van der Waals surface area contributed by atoms with E-state index in [1.165, 1.54) is 0 Å². The molecule has 1 aromatic heterocycles. The molecule has 102 valence electrons. The third-order valence-corrected chi connectivity index (χ3v) is 3.10. The number of carbonyl (C=O) groups excluding carboxylic acids is 1. The number of fused-ring (bicyclic) bond motifs is 1. The fourth-order valence-electron chi connectivity index (χ4n) is 2.16. The molecule has 2 rings (SSSR count). The molecule has 1 N–H and O–H groups in total. The molecule has 0 amide bonds. The number of rotatable bonds is 6. The maximum atomic E-state index is 11.1. The molecule has 5 nitrogen and oxygen atoms in total. The molecule has 0 saturated carbocycles. The van der Waals surface area contributed by atoms with Gasteiger partial charge < -0.3 is 19.1 Å². The van der Waals surface area contributed by atoms with Gasteiger partial charge in [-0.15, -0.1) is 0 Å². The Hall–Kier alpha value is -2.01. The van der Waals surface area contributed by atoms with Crippen LogP contribution in [0.3, 0.4) is 0 Å². The number of methoxy groups -OCH3 is 2. The van der Waals surface area contributed by atoms with Crippen molar-refractivity contribution in [1.82, 2.24) is 4.57 Å². The smallest absolute Gasteiger partial charge is 0.162 e. The topological polar surface area (TPSA) is 60.7 Å². The lowest BCUT2D eigenvalue weighted by Crippen LogP contribution is -1.99. The van der Waals surface area contributed by atoms with E-state index in [0.717, 1.165) is 17.2 Å². The summed E-state index contributed by atoms with van der Waals surface area (Å²) in [5.41, 5.74) is 1.50. The highest BCUT2D eigenvalue weighted by atomic mass is 16.5. The normalized spacial score (nSPS) is 10.7. The Bertz CT molecular complexity index is 589. The number of nitrogens with zero attached hydrogens (tertiary/aromatic N) is 1. The van der Waals surface area contributed by atoms with Crippen molar-refractivity contribution in [3.63, 3.8) is 0 Å². The van der Waals surface area contributed by atoms with Crippen LogP contribution in [0.2, 0.25) is 0 Å².